The van der Waals surface area contributed by atoms with Crippen molar-refractivity contribution < 1.29 is 4.79 Å². The number of hydrogen-bond acceptors (Lipinski definition) is 4. The number of piperazine rings is 1. The van der Waals surface area contributed by atoms with Crippen molar-refractivity contribution in [1.82, 2.24) is 20.0 Å². The second-order valence-electron chi connectivity index (χ2n) is 8.55. The van der Waals surface area contributed by atoms with E-state index >= 15 is 0 Å². The van der Waals surface area contributed by atoms with Crippen LogP contribution in [0.3, 0.4) is 0 Å². The number of nitrogens with one attached hydrogen (secondary N) is 2. The molecule has 1 aromatic heterocycles. The molecule has 0 spiro atoms. The van der Waals surface area contributed by atoms with E-state index in [0.29, 0.717) is 11.6 Å². The van der Waals surface area contributed by atoms with Crippen LogP contribution in [0.2, 0.25) is 0 Å². The number of hydrogen-bond donors (Lipinski definition) is 2. The van der Waals surface area contributed by atoms with Gasteiger partial charge in [-0.1, -0.05) is 56.3 Å². The summed E-state index contributed by atoms with van der Waals surface area (Å²) < 4.78 is 0. The van der Waals surface area contributed by atoms with E-state index in [1.165, 1.54) is 11.1 Å². The summed E-state index contributed by atoms with van der Waals surface area (Å²) in [6, 6.07) is 20.6. The third-order valence-corrected chi connectivity index (χ3v) is 5.78. The Hall–Kier alpha value is -2.96. The van der Waals surface area contributed by atoms with Gasteiger partial charge in [0, 0.05) is 50.6 Å². The normalized spacial score (nSPS) is 15.3. The number of carbonyl (C=O) groups excluding carboxylic acids is 1. The number of nitrogens with zero attached hydrogens (tertiary/aromatic N) is 3. The van der Waals surface area contributed by atoms with Gasteiger partial charge in [0.2, 0.25) is 0 Å². The molecule has 2 heterocycles. The first-order valence-electron chi connectivity index (χ1n) is 11.0. The van der Waals surface area contributed by atoms with Crippen molar-refractivity contribution in [2.24, 2.45) is 0 Å². The predicted molar refractivity (Wildman–Crippen MR) is 124 cm³/mol. The van der Waals surface area contributed by atoms with Gasteiger partial charge in [-0.3, -0.25) is 19.7 Å². The highest BCUT2D eigenvalue weighted by Crippen LogP contribution is 2.16. The van der Waals surface area contributed by atoms with Crippen molar-refractivity contribution in [2.45, 2.75) is 32.9 Å². The van der Waals surface area contributed by atoms with Crippen LogP contribution in [0.4, 0.5) is 5.69 Å². The maximum Gasteiger partial charge on any atom is 0.276 e. The summed E-state index contributed by atoms with van der Waals surface area (Å²) in [5.41, 5.74) is 4.81. The Morgan fingerprint density at radius 3 is 2.06 bits per heavy atom. The van der Waals surface area contributed by atoms with E-state index in [2.05, 4.69) is 81.6 Å². The average molecular weight is 418 g/mol. The van der Waals surface area contributed by atoms with Gasteiger partial charge in [0.25, 0.3) is 5.91 Å². The lowest BCUT2D eigenvalue weighted by molar-refractivity contribution is 0.102. The van der Waals surface area contributed by atoms with Gasteiger partial charge < -0.3 is 5.32 Å². The fourth-order valence-electron chi connectivity index (χ4n) is 3.84. The van der Waals surface area contributed by atoms with Gasteiger partial charge >= 0.3 is 0 Å². The monoisotopic (exact) mass is 417 g/mol. The van der Waals surface area contributed by atoms with E-state index in [0.717, 1.165) is 50.6 Å². The van der Waals surface area contributed by atoms with E-state index in [1.54, 1.807) is 0 Å². The Labute approximate surface area is 184 Å². The molecule has 1 aliphatic heterocycles. The van der Waals surface area contributed by atoms with Gasteiger partial charge in [0.1, 0.15) is 0 Å². The molecule has 3 aromatic rings. The summed E-state index contributed by atoms with van der Waals surface area (Å²) in [4.78, 5) is 17.4. The summed E-state index contributed by atoms with van der Waals surface area (Å²) >= 11 is 0. The molecule has 162 valence electrons. The average Bonchev–Trinajstić information content (AvgIpc) is 3.28. The smallest absolute Gasteiger partial charge is 0.276 e. The molecule has 1 amide bonds. The number of aromatic amines is 1. The molecule has 6 nitrogen and oxygen atoms in total. The lowest BCUT2D eigenvalue weighted by Gasteiger charge is -2.34. The number of benzene rings is 2. The Bertz CT molecular complexity index is 973. The van der Waals surface area contributed by atoms with E-state index in [4.69, 9.17) is 0 Å². The first-order chi connectivity index (χ1) is 15.1. The fraction of sp³-hybridized carbons (Fsp3) is 0.360. The first kappa shape index (κ1) is 21.3. The van der Waals surface area contributed by atoms with Crippen molar-refractivity contribution in [2.75, 3.05) is 31.5 Å². The Kier molecular flexibility index (Phi) is 6.79. The topological polar surface area (TPSA) is 64.3 Å². The van der Waals surface area contributed by atoms with Crippen molar-refractivity contribution in [3.63, 3.8) is 0 Å². The number of aromatic nitrogens is 2. The summed E-state index contributed by atoms with van der Waals surface area (Å²) in [5, 5.41) is 9.96. The third kappa shape index (κ3) is 5.81. The number of rotatable bonds is 7. The van der Waals surface area contributed by atoms with Gasteiger partial charge in [-0.25, -0.2) is 0 Å². The highest BCUT2D eigenvalue weighted by molar-refractivity contribution is 6.02. The number of H-pyrrole nitrogens is 1. The molecule has 1 fully saturated rings. The van der Waals surface area contributed by atoms with Crippen molar-refractivity contribution >= 4 is 11.6 Å². The quantitative estimate of drug-likeness (QED) is 0.607. The molecule has 2 N–H and O–H groups in total. The molecule has 0 unspecified atom stereocenters. The zero-order chi connectivity index (χ0) is 21.6. The van der Waals surface area contributed by atoms with Crippen LogP contribution >= 0.6 is 0 Å². The van der Waals surface area contributed by atoms with Gasteiger partial charge in [0.05, 0.1) is 0 Å². The predicted octanol–water partition coefficient (Wildman–Crippen LogP) is 4.10. The molecule has 0 saturated carbocycles. The highest BCUT2D eigenvalue weighted by Gasteiger charge is 2.17. The van der Waals surface area contributed by atoms with Gasteiger partial charge in [-0.05, 0) is 35.2 Å². The SMILES string of the molecule is CC(C)c1cc(C(=O)Nc2ccc(CN3CCN(Cc4ccccc4)CC3)cc2)n[nH]1. The lowest BCUT2D eigenvalue weighted by Crippen LogP contribution is -2.45. The zero-order valence-electron chi connectivity index (χ0n) is 18.3. The summed E-state index contributed by atoms with van der Waals surface area (Å²) in [7, 11) is 0. The third-order valence-electron chi connectivity index (χ3n) is 5.78. The first-order valence-corrected chi connectivity index (χ1v) is 11.0. The highest BCUT2D eigenvalue weighted by atomic mass is 16.1. The summed E-state index contributed by atoms with van der Waals surface area (Å²) in [6.45, 7) is 10.4. The molecule has 31 heavy (non-hydrogen) atoms. The van der Waals surface area contributed by atoms with Crippen LogP contribution in [0, 0.1) is 0 Å². The maximum atomic E-state index is 12.4. The van der Waals surface area contributed by atoms with Gasteiger partial charge in [0.15, 0.2) is 5.69 Å². The van der Waals surface area contributed by atoms with Crippen LogP contribution in [0.1, 0.15) is 47.1 Å². The number of carbonyl (C=O) groups is 1. The molecule has 0 aliphatic carbocycles. The van der Waals surface area contributed by atoms with E-state index < -0.39 is 0 Å². The largest absolute Gasteiger partial charge is 0.321 e. The molecule has 0 atom stereocenters. The molecule has 1 saturated heterocycles. The van der Waals surface area contributed by atoms with Gasteiger partial charge in [-0.15, -0.1) is 0 Å². The molecular weight excluding hydrogens is 386 g/mol. The molecule has 0 radical (unpaired) electrons. The summed E-state index contributed by atoms with van der Waals surface area (Å²) in [6.07, 6.45) is 0. The Morgan fingerprint density at radius 1 is 0.935 bits per heavy atom. The maximum absolute atomic E-state index is 12.4. The summed E-state index contributed by atoms with van der Waals surface area (Å²) in [5.74, 6) is 0.124. The zero-order valence-corrected chi connectivity index (χ0v) is 18.3. The number of anilines is 1. The van der Waals surface area contributed by atoms with Gasteiger partial charge in [-0.2, -0.15) is 5.10 Å². The van der Waals surface area contributed by atoms with Crippen molar-refractivity contribution in [1.29, 1.82) is 0 Å². The van der Waals surface area contributed by atoms with E-state index in [9.17, 15) is 4.79 Å². The van der Waals surface area contributed by atoms with Crippen LogP contribution in [-0.4, -0.2) is 52.1 Å². The molecule has 2 aromatic carbocycles. The second kappa shape index (κ2) is 9.90. The molecule has 0 bridgehead atoms. The van der Waals surface area contributed by atoms with Crippen LogP contribution in [-0.2, 0) is 13.1 Å². The standard InChI is InChI=1S/C25H31N5O/c1-19(2)23-16-24(28-27-23)25(31)26-22-10-8-21(9-11-22)18-30-14-12-29(13-15-30)17-20-6-4-3-5-7-20/h3-11,16,19H,12-15,17-18H2,1-2H3,(H,26,31)(H,27,28). The van der Waals surface area contributed by atoms with Crippen LogP contribution < -0.4 is 5.32 Å². The fourth-order valence-corrected chi connectivity index (χ4v) is 3.84. The second-order valence-corrected chi connectivity index (χ2v) is 8.55. The minimum absolute atomic E-state index is 0.189. The molecule has 1 aliphatic rings. The lowest BCUT2D eigenvalue weighted by atomic mass is 10.1. The minimum atomic E-state index is -0.189. The minimum Gasteiger partial charge on any atom is -0.321 e. The number of amides is 1. The van der Waals surface area contributed by atoms with Crippen LogP contribution in [0.25, 0.3) is 0 Å². The van der Waals surface area contributed by atoms with Crippen molar-refractivity contribution in [3.8, 4) is 0 Å². The molecular formula is C25H31N5O. The van der Waals surface area contributed by atoms with Crippen LogP contribution in [0.15, 0.2) is 60.7 Å². The Balaban J connectivity index is 1.24. The molecule has 6 heteroatoms. The van der Waals surface area contributed by atoms with E-state index in [-0.39, 0.29) is 5.91 Å². The van der Waals surface area contributed by atoms with Crippen LogP contribution in [0.5, 0.6) is 0 Å². The van der Waals surface area contributed by atoms with Crippen molar-refractivity contribution in [3.05, 3.63) is 83.2 Å². The Morgan fingerprint density at radius 2 is 1.52 bits per heavy atom. The van der Waals surface area contributed by atoms with E-state index in [1.807, 2.05) is 18.2 Å². The molecule has 4 rings (SSSR count).